The lowest BCUT2D eigenvalue weighted by Crippen LogP contribution is -2.25. The number of halogens is 2. The molecule has 1 fully saturated rings. The first kappa shape index (κ1) is 21.8. The van der Waals surface area contributed by atoms with Gasteiger partial charge in [0.1, 0.15) is 23.4 Å². The zero-order valence-electron chi connectivity index (χ0n) is 17.4. The fraction of sp³-hybridized carbons (Fsp3) is 0.455. The molecular formula is C22H27F2N3O3. The smallest absolute Gasteiger partial charge is 0.278 e. The van der Waals surface area contributed by atoms with E-state index in [0.29, 0.717) is 12.3 Å². The Morgan fingerprint density at radius 1 is 1.27 bits per heavy atom. The number of hydrogen-bond donors (Lipinski definition) is 1. The number of amides is 1. The Balaban J connectivity index is 1.51. The lowest BCUT2D eigenvalue weighted by Gasteiger charge is -2.19. The highest BCUT2D eigenvalue weighted by Crippen LogP contribution is 2.25. The van der Waals surface area contributed by atoms with Gasteiger partial charge in [-0.3, -0.25) is 4.79 Å². The molecule has 2 heterocycles. The highest BCUT2D eigenvalue weighted by atomic mass is 19.3. The number of carbonyl (C=O) groups excluding carboxylic acids is 1. The van der Waals surface area contributed by atoms with Crippen LogP contribution in [-0.4, -0.2) is 42.6 Å². The van der Waals surface area contributed by atoms with E-state index in [0.717, 1.165) is 37.0 Å². The standard InChI is InChI=1S/C22H27F2N3O3/c1-15(26-16(2)28)17-4-6-18(7-5-17)30-20-10-11-27(13-20)21-9-8-19(12-25-21)29-14-22(3,23)24/h4-9,12,15,20H,10-11,13-14H2,1-3H3,(H,26,28)/t15-,20+/m0/s1. The molecule has 3 rings (SSSR count). The van der Waals surface area contributed by atoms with Crippen LogP contribution in [0.2, 0.25) is 0 Å². The van der Waals surface area contributed by atoms with Crippen molar-refractivity contribution in [3.05, 3.63) is 48.2 Å². The van der Waals surface area contributed by atoms with Gasteiger partial charge in [-0.2, -0.15) is 0 Å². The lowest BCUT2D eigenvalue weighted by molar-refractivity contribution is -0.119. The summed E-state index contributed by atoms with van der Waals surface area (Å²) in [4.78, 5) is 17.6. The first-order chi connectivity index (χ1) is 14.2. The van der Waals surface area contributed by atoms with Crippen LogP contribution in [0.25, 0.3) is 0 Å². The summed E-state index contributed by atoms with van der Waals surface area (Å²) in [5.74, 6) is -1.08. The average molecular weight is 419 g/mol. The van der Waals surface area contributed by atoms with E-state index in [2.05, 4.69) is 15.2 Å². The van der Waals surface area contributed by atoms with Crippen LogP contribution in [0.1, 0.15) is 38.8 Å². The first-order valence-corrected chi connectivity index (χ1v) is 9.95. The first-order valence-electron chi connectivity index (χ1n) is 9.95. The van der Waals surface area contributed by atoms with Crippen molar-refractivity contribution in [2.45, 2.75) is 45.3 Å². The highest BCUT2D eigenvalue weighted by Gasteiger charge is 2.25. The predicted octanol–water partition coefficient (Wildman–Crippen LogP) is 3.97. The monoisotopic (exact) mass is 419 g/mol. The van der Waals surface area contributed by atoms with Crippen LogP contribution in [0.3, 0.4) is 0 Å². The van der Waals surface area contributed by atoms with Crippen LogP contribution in [0, 0.1) is 0 Å². The normalized spacial score (nSPS) is 17.5. The second-order valence-corrected chi connectivity index (χ2v) is 7.68. The second-order valence-electron chi connectivity index (χ2n) is 7.68. The molecule has 0 saturated carbocycles. The van der Waals surface area contributed by atoms with E-state index >= 15 is 0 Å². The van der Waals surface area contributed by atoms with E-state index in [1.165, 1.54) is 13.1 Å². The largest absolute Gasteiger partial charge is 0.489 e. The lowest BCUT2D eigenvalue weighted by atomic mass is 10.1. The van der Waals surface area contributed by atoms with Gasteiger partial charge < -0.3 is 19.7 Å². The molecule has 1 amide bonds. The maximum absolute atomic E-state index is 12.9. The molecule has 0 bridgehead atoms. The molecule has 2 atom stereocenters. The van der Waals surface area contributed by atoms with Crippen LogP contribution in [-0.2, 0) is 4.79 Å². The summed E-state index contributed by atoms with van der Waals surface area (Å²) < 4.78 is 36.9. The minimum Gasteiger partial charge on any atom is -0.489 e. The van der Waals surface area contributed by atoms with Crippen LogP contribution in [0.15, 0.2) is 42.6 Å². The Labute approximate surface area is 175 Å². The van der Waals surface area contributed by atoms with Crippen molar-refractivity contribution in [3.63, 3.8) is 0 Å². The van der Waals surface area contributed by atoms with Gasteiger partial charge in [0.15, 0.2) is 6.61 Å². The number of pyridine rings is 1. The number of hydrogen-bond acceptors (Lipinski definition) is 5. The zero-order valence-corrected chi connectivity index (χ0v) is 17.4. The van der Waals surface area contributed by atoms with Crippen molar-refractivity contribution >= 4 is 11.7 Å². The van der Waals surface area contributed by atoms with Crippen molar-refractivity contribution in [3.8, 4) is 11.5 Å². The molecule has 1 aliphatic heterocycles. The van der Waals surface area contributed by atoms with Crippen molar-refractivity contribution in [2.75, 3.05) is 24.6 Å². The minimum atomic E-state index is -2.88. The van der Waals surface area contributed by atoms with Gasteiger partial charge in [0.25, 0.3) is 5.92 Å². The van der Waals surface area contributed by atoms with Crippen molar-refractivity contribution in [2.24, 2.45) is 0 Å². The maximum Gasteiger partial charge on any atom is 0.278 e. The summed E-state index contributed by atoms with van der Waals surface area (Å²) in [6, 6.07) is 11.1. The summed E-state index contributed by atoms with van der Waals surface area (Å²) in [5, 5.41) is 2.86. The van der Waals surface area contributed by atoms with Crippen molar-refractivity contribution in [1.29, 1.82) is 0 Å². The summed E-state index contributed by atoms with van der Waals surface area (Å²) >= 11 is 0. The van der Waals surface area contributed by atoms with Crippen LogP contribution >= 0.6 is 0 Å². The Hall–Kier alpha value is -2.90. The number of aromatic nitrogens is 1. The van der Waals surface area contributed by atoms with E-state index in [1.807, 2.05) is 31.2 Å². The molecule has 1 aromatic heterocycles. The summed E-state index contributed by atoms with van der Waals surface area (Å²) in [5.41, 5.74) is 1.01. The number of anilines is 1. The third-order valence-electron chi connectivity index (χ3n) is 4.78. The van der Waals surface area contributed by atoms with Crippen molar-refractivity contribution < 1.29 is 23.0 Å². The third kappa shape index (κ3) is 6.30. The molecular weight excluding hydrogens is 392 g/mol. The van der Waals surface area contributed by atoms with Gasteiger partial charge in [-0.25, -0.2) is 13.8 Å². The van der Waals surface area contributed by atoms with Gasteiger partial charge >= 0.3 is 0 Å². The molecule has 2 aromatic rings. The Morgan fingerprint density at radius 3 is 2.57 bits per heavy atom. The SMILES string of the molecule is CC(=O)N[C@@H](C)c1ccc(O[C@@H]2CCN(c3ccc(OCC(C)(F)F)cn3)C2)cc1. The fourth-order valence-electron chi connectivity index (χ4n) is 3.30. The Kier molecular flexibility index (Phi) is 6.74. The molecule has 30 heavy (non-hydrogen) atoms. The maximum atomic E-state index is 12.9. The van der Waals surface area contributed by atoms with Gasteiger partial charge in [0.05, 0.1) is 18.8 Å². The number of carbonyl (C=O) groups is 1. The summed E-state index contributed by atoms with van der Waals surface area (Å²) in [6.45, 7) is 5.06. The van der Waals surface area contributed by atoms with E-state index in [4.69, 9.17) is 9.47 Å². The number of benzene rings is 1. The summed E-state index contributed by atoms with van der Waals surface area (Å²) in [6.07, 6.45) is 2.34. The van der Waals surface area contributed by atoms with Crippen LogP contribution < -0.4 is 19.7 Å². The minimum absolute atomic E-state index is 0.0279. The van der Waals surface area contributed by atoms with Gasteiger partial charge in [0.2, 0.25) is 5.91 Å². The molecule has 8 heteroatoms. The Bertz CT molecular complexity index is 838. The highest BCUT2D eigenvalue weighted by molar-refractivity contribution is 5.73. The van der Waals surface area contributed by atoms with Gasteiger partial charge in [-0.1, -0.05) is 12.1 Å². The molecule has 1 aliphatic rings. The number of alkyl halides is 2. The molecule has 0 spiro atoms. The van der Waals surface area contributed by atoms with E-state index in [1.54, 1.807) is 12.1 Å². The van der Waals surface area contributed by atoms with E-state index in [9.17, 15) is 13.6 Å². The number of nitrogens with zero attached hydrogens (tertiary/aromatic N) is 2. The average Bonchev–Trinajstić information content (AvgIpc) is 3.15. The number of ether oxygens (including phenoxy) is 2. The molecule has 1 N–H and O–H groups in total. The van der Waals surface area contributed by atoms with Gasteiger partial charge in [-0.15, -0.1) is 0 Å². The number of nitrogens with one attached hydrogen (secondary N) is 1. The molecule has 1 aromatic carbocycles. The van der Waals surface area contributed by atoms with Crippen molar-refractivity contribution in [1.82, 2.24) is 10.3 Å². The van der Waals surface area contributed by atoms with Gasteiger partial charge in [0, 0.05) is 26.8 Å². The molecule has 0 unspecified atom stereocenters. The van der Waals surface area contributed by atoms with Crippen LogP contribution in [0.4, 0.5) is 14.6 Å². The summed E-state index contributed by atoms with van der Waals surface area (Å²) in [7, 11) is 0. The van der Waals surface area contributed by atoms with Crippen LogP contribution in [0.5, 0.6) is 11.5 Å². The fourth-order valence-corrected chi connectivity index (χ4v) is 3.30. The number of rotatable bonds is 8. The molecule has 6 nitrogen and oxygen atoms in total. The molecule has 0 radical (unpaired) electrons. The quantitative estimate of drug-likeness (QED) is 0.702. The zero-order chi connectivity index (χ0) is 21.7. The van der Waals surface area contributed by atoms with E-state index in [-0.39, 0.29) is 18.1 Å². The van der Waals surface area contributed by atoms with Gasteiger partial charge in [-0.05, 0) is 36.8 Å². The molecule has 1 saturated heterocycles. The Morgan fingerprint density at radius 2 is 1.97 bits per heavy atom. The topological polar surface area (TPSA) is 63.7 Å². The van der Waals surface area contributed by atoms with E-state index < -0.39 is 12.5 Å². The predicted molar refractivity (Wildman–Crippen MR) is 110 cm³/mol. The molecule has 162 valence electrons. The second kappa shape index (κ2) is 9.28. The molecule has 0 aliphatic carbocycles. The third-order valence-corrected chi connectivity index (χ3v) is 4.78.